The number of amides is 2. The second kappa shape index (κ2) is 7.62. The van der Waals surface area contributed by atoms with Gasteiger partial charge in [-0.05, 0) is 35.9 Å². The number of fused-ring (bicyclic) bond motifs is 1. The van der Waals surface area contributed by atoms with Crippen molar-refractivity contribution >= 4 is 23.3 Å². The summed E-state index contributed by atoms with van der Waals surface area (Å²) in [6.45, 7) is 3.83. The Bertz CT molecular complexity index is 856. The number of hydrogen-bond donors (Lipinski definition) is 1. The molecule has 0 aliphatic carbocycles. The number of carbonyl (C=O) groups is 1. The van der Waals surface area contributed by atoms with Crippen LogP contribution in [0.1, 0.15) is 5.56 Å². The minimum Gasteiger partial charge on any atom is -0.454 e. The van der Waals surface area contributed by atoms with E-state index < -0.39 is 5.82 Å². The van der Waals surface area contributed by atoms with Gasteiger partial charge in [0.1, 0.15) is 5.82 Å². The third-order valence-corrected chi connectivity index (χ3v) is 4.96. The molecule has 2 heterocycles. The van der Waals surface area contributed by atoms with Gasteiger partial charge in [-0.1, -0.05) is 17.7 Å². The molecule has 2 aromatic carbocycles. The monoisotopic (exact) mass is 391 g/mol. The molecule has 1 saturated heterocycles. The van der Waals surface area contributed by atoms with Gasteiger partial charge in [-0.3, -0.25) is 4.90 Å². The normalized spacial score (nSPS) is 16.4. The summed E-state index contributed by atoms with van der Waals surface area (Å²) in [6, 6.07) is 9.89. The van der Waals surface area contributed by atoms with Crippen molar-refractivity contribution in [1.29, 1.82) is 0 Å². The lowest BCUT2D eigenvalue weighted by Crippen LogP contribution is -2.49. The molecule has 2 aliphatic heterocycles. The zero-order valence-electron chi connectivity index (χ0n) is 14.6. The van der Waals surface area contributed by atoms with Gasteiger partial charge in [0.2, 0.25) is 6.79 Å². The van der Waals surface area contributed by atoms with E-state index in [4.69, 9.17) is 21.1 Å². The van der Waals surface area contributed by atoms with Crippen LogP contribution in [0.4, 0.5) is 14.9 Å². The van der Waals surface area contributed by atoms with Crippen LogP contribution in [-0.2, 0) is 6.54 Å². The average Bonchev–Trinajstić information content (AvgIpc) is 3.13. The lowest BCUT2D eigenvalue weighted by Gasteiger charge is -2.34. The van der Waals surface area contributed by atoms with Crippen molar-refractivity contribution in [3.8, 4) is 11.5 Å². The van der Waals surface area contributed by atoms with Crippen molar-refractivity contribution in [1.82, 2.24) is 9.80 Å². The molecule has 0 saturated carbocycles. The van der Waals surface area contributed by atoms with Crippen LogP contribution in [-0.4, -0.2) is 48.8 Å². The molecule has 8 heteroatoms. The van der Waals surface area contributed by atoms with Gasteiger partial charge >= 0.3 is 6.03 Å². The summed E-state index contributed by atoms with van der Waals surface area (Å²) < 4.78 is 24.0. The number of hydrogen-bond acceptors (Lipinski definition) is 4. The van der Waals surface area contributed by atoms with E-state index in [9.17, 15) is 9.18 Å². The predicted octanol–water partition coefficient (Wildman–Crippen LogP) is 3.56. The Kier molecular flexibility index (Phi) is 5.05. The molecule has 0 atom stereocenters. The average molecular weight is 392 g/mol. The number of carbonyl (C=O) groups excluding carboxylic acids is 1. The van der Waals surface area contributed by atoms with Crippen molar-refractivity contribution in [2.75, 3.05) is 38.3 Å². The summed E-state index contributed by atoms with van der Waals surface area (Å²) in [7, 11) is 0. The van der Waals surface area contributed by atoms with E-state index in [2.05, 4.69) is 10.2 Å². The van der Waals surface area contributed by atoms with Crippen LogP contribution < -0.4 is 14.8 Å². The lowest BCUT2D eigenvalue weighted by molar-refractivity contribution is 0.143. The molecule has 6 nitrogen and oxygen atoms in total. The molecule has 0 spiro atoms. The summed E-state index contributed by atoms with van der Waals surface area (Å²) >= 11 is 5.75. The highest BCUT2D eigenvalue weighted by Crippen LogP contribution is 2.32. The van der Waals surface area contributed by atoms with E-state index in [1.807, 2.05) is 18.2 Å². The van der Waals surface area contributed by atoms with Crippen molar-refractivity contribution in [3.63, 3.8) is 0 Å². The second-order valence-corrected chi connectivity index (χ2v) is 6.92. The Morgan fingerprint density at radius 2 is 1.85 bits per heavy atom. The third kappa shape index (κ3) is 4.09. The number of rotatable bonds is 3. The minimum atomic E-state index is -0.508. The fourth-order valence-corrected chi connectivity index (χ4v) is 3.36. The maximum absolute atomic E-state index is 13.2. The van der Waals surface area contributed by atoms with Gasteiger partial charge in [-0.2, -0.15) is 0 Å². The van der Waals surface area contributed by atoms with E-state index in [1.165, 1.54) is 18.2 Å². The van der Waals surface area contributed by atoms with Crippen LogP contribution in [0.15, 0.2) is 36.4 Å². The fraction of sp³-hybridized carbons (Fsp3) is 0.316. The first-order valence-electron chi connectivity index (χ1n) is 8.70. The number of nitrogens with zero attached hydrogens (tertiary/aromatic N) is 2. The molecule has 142 valence electrons. The van der Waals surface area contributed by atoms with Crippen LogP contribution >= 0.6 is 11.6 Å². The van der Waals surface area contributed by atoms with Gasteiger partial charge in [0.25, 0.3) is 0 Å². The van der Waals surface area contributed by atoms with Gasteiger partial charge in [0.05, 0.1) is 5.02 Å². The Balaban J connectivity index is 1.29. The molecule has 1 N–H and O–H groups in total. The molecule has 0 aromatic heterocycles. The van der Waals surface area contributed by atoms with E-state index >= 15 is 0 Å². The molecular weight excluding hydrogens is 373 g/mol. The largest absolute Gasteiger partial charge is 0.454 e. The number of benzene rings is 2. The Morgan fingerprint density at radius 1 is 1.07 bits per heavy atom. The molecule has 2 aliphatic rings. The van der Waals surface area contributed by atoms with Crippen LogP contribution in [0.3, 0.4) is 0 Å². The summed E-state index contributed by atoms with van der Waals surface area (Å²) in [5, 5.41) is 2.75. The van der Waals surface area contributed by atoms with Gasteiger partial charge in [0.15, 0.2) is 11.5 Å². The molecule has 4 rings (SSSR count). The Morgan fingerprint density at radius 3 is 2.63 bits per heavy atom. The number of nitrogens with one attached hydrogen (secondary N) is 1. The van der Waals surface area contributed by atoms with E-state index in [-0.39, 0.29) is 17.8 Å². The zero-order chi connectivity index (χ0) is 18.8. The fourth-order valence-electron chi connectivity index (χ4n) is 3.18. The number of anilines is 1. The third-order valence-electron chi connectivity index (χ3n) is 4.67. The molecule has 0 unspecified atom stereocenters. The predicted molar refractivity (Wildman–Crippen MR) is 99.8 cm³/mol. The molecule has 2 amide bonds. The highest BCUT2D eigenvalue weighted by Gasteiger charge is 2.22. The minimum absolute atomic E-state index is 0.0126. The summed E-state index contributed by atoms with van der Waals surface area (Å²) in [5.41, 5.74) is 1.63. The molecule has 0 bridgehead atoms. The highest BCUT2D eigenvalue weighted by atomic mass is 35.5. The van der Waals surface area contributed by atoms with Crippen LogP contribution in [0.2, 0.25) is 5.02 Å². The van der Waals surface area contributed by atoms with Crippen LogP contribution in [0.5, 0.6) is 11.5 Å². The Hall–Kier alpha value is -2.51. The second-order valence-electron chi connectivity index (χ2n) is 6.51. The smallest absolute Gasteiger partial charge is 0.321 e. The molecule has 27 heavy (non-hydrogen) atoms. The van der Waals surface area contributed by atoms with Crippen molar-refractivity contribution in [2.24, 2.45) is 0 Å². The van der Waals surface area contributed by atoms with Crippen molar-refractivity contribution in [2.45, 2.75) is 6.54 Å². The van der Waals surface area contributed by atoms with E-state index in [0.717, 1.165) is 36.7 Å². The number of urea groups is 1. The molecule has 0 radical (unpaired) electrons. The van der Waals surface area contributed by atoms with Crippen molar-refractivity contribution in [3.05, 3.63) is 52.8 Å². The maximum Gasteiger partial charge on any atom is 0.321 e. The zero-order valence-corrected chi connectivity index (χ0v) is 15.3. The summed E-state index contributed by atoms with van der Waals surface area (Å²) in [5.74, 6) is 1.05. The van der Waals surface area contributed by atoms with Crippen LogP contribution in [0, 0.1) is 5.82 Å². The van der Waals surface area contributed by atoms with Gasteiger partial charge < -0.3 is 19.7 Å². The summed E-state index contributed by atoms with van der Waals surface area (Å²) in [6.07, 6.45) is 0. The molecule has 1 fully saturated rings. The highest BCUT2D eigenvalue weighted by molar-refractivity contribution is 6.31. The molecule has 2 aromatic rings. The van der Waals surface area contributed by atoms with Gasteiger partial charge in [-0.15, -0.1) is 0 Å². The number of piperazine rings is 1. The van der Waals surface area contributed by atoms with Crippen LogP contribution in [0.25, 0.3) is 0 Å². The van der Waals surface area contributed by atoms with Gasteiger partial charge in [-0.25, -0.2) is 9.18 Å². The first kappa shape index (κ1) is 17.9. The first-order chi connectivity index (χ1) is 13.1. The maximum atomic E-state index is 13.2. The topological polar surface area (TPSA) is 54.0 Å². The SMILES string of the molecule is O=C(Nc1ccc(F)c(Cl)c1)N1CCN(Cc2ccc3c(c2)OCO3)CC1. The van der Waals surface area contributed by atoms with E-state index in [1.54, 1.807) is 4.90 Å². The van der Waals surface area contributed by atoms with E-state index in [0.29, 0.717) is 18.8 Å². The number of halogens is 2. The number of ether oxygens (including phenoxy) is 2. The first-order valence-corrected chi connectivity index (χ1v) is 9.08. The van der Waals surface area contributed by atoms with Crippen molar-refractivity contribution < 1.29 is 18.7 Å². The molecular formula is C19H19ClFN3O3. The Labute approximate surface area is 161 Å². The quantitative estimate of drug-likeness (QED) is 0.869. The standard InChI is InChI=1S/C19H19ClFN3O3/c20-15-10-14(2-3-16(15)21)22-19(25)24-7-5-23(6-8-24)11-13-1-4-17-18(9-13)27-12-26-17/h1-4,9-10H,5-8,11-12H2,(H,22,25). The lowest BCUT2D eigenvalue weighted by atomic mass is 10.1. The summed E-state index contributed by atoms with van der Waals surface area (Å²) in [4.78, 5) is 16.4. The van der Waals surface area contributed by atoms with Gasteiger partial charge in [0, 0.05) is 38.4 Å².